The fourth-order valence-corrected chi connectivity index (χ4v) is 1.92. The van der Waals surface area contributed by atoms with E-state index in [2.05, 4.69) is 10.6 Å². The molecule has 0 aromatic rings. The van der Waals surface area contributed by atoms with Gasteiger partial charge < -0.3 is 10.6 Å². The summed E-state index contributed by atoms with van der Waals surface area (Å²) in [6.45, 7) is 1.79. The highest BCUT2D eigenvalue weighted by atomic mass is 16.1. The average Bonchev–Trinajstić information content (AvgIpc) is 2.71. The molecular formula is C11H19N3O. The number of hydrogen-bond donors (Lipinski definition) is 2. The summed E-state index contributed by atoms with van der Waals surface area (Å²) in [5, 5.41) is 14.1. The largest absolute Gasteiger partial charge is 0.354 e. The number of carbonyl (C=O) groups excluding carboxylic acids is 1. The summed E-state index contributed by atoms with van der Waals surface area (Å²) in [5.41, 5.74) is 0. The van der Waals surface area contributed by atoms with Crippen LogP contribution >= 0.6 is 0 Å². The van der Waals surface area contributed by atoms with E-state index in [4.69, 9.17) is 5.26 Å². The van der Waals surface area contributed by atoms with Gasteiger partial charge in [0.1, 0.15) is 0 Å². The van der Waals surface area contributed by atoms with Crippen molar-refractivity contribution in [3.05, 3.63) is 0 Å². The number of rotatable bonds is 6. The molecular weight excluding hydrogens is 190 g/mol. The normalized spacial score (nSPS) is 16.2. The van der Waals surface area contributed by atoms with Crippen LogP contribution in [0.25, 0.3) is 0 Å². The zero-order valence-electron chi connectivity index (χ0n) is 9.09. The zero-order chi connectivity index (χ0) is 10.9. The van der Waals surface area contributed by atoms with Crippen LogP contribution in [-0.2, 0) is 4.79 Å². The van der Waals surface area contributed by atoms with Gasteiger partial charge in [-0.25, -0.2) is 0 Å². The second-order valence-electron chi connectivity index (χ2n) is 4.04. The average molecular weight is 209 g/mol. The van der Waals surface area contributed by atoms with E-state index in [0.717, 1.165) is 12.5 Å². The summed E-state index contributed by atoms with van der Waals surface area (Å²) in [6, 6.07) is 1.99. The van der Waals surface area contributed by atoms with Gasteiger partial charge in [-0.15, -0.1) is 0 Å². The first-order valence-corrected chi connectivity index (χ1v) is 5.67. The van der Waals surface area contributed by atoms with Crippen LogP contribution < -0.4 is 10.6 Å². The summed E-state index contributed by atoms with van der Waals surface area (Å²) in [7, 11) is 0. The minimum atomic E-state index is -0.0109. The smallest absolute Gasteiger partial charge is 0.233 e. The Hall–Kier alpha value is -1.08. The second-order valence-corrected chi connectivity index (χ2v) is 4.04. The molecule has 1 saturated carbocycles. The Morgan fingerprint density at radius 3 is 2.80 bits per heavy atom. The molecule has 15 heavy (non-hydrogen) atoms. The van der Waals surface area contributed by atoms with Gasteiger partial charge in [-0.3, -0.25) is 4.79 Å². The van der Waals surface area contributed by atoms with Crippen molar-refractivity contribution in [1.29, 1.82) is 5.26 Å². The Morgan fingerprint density at radius 1 is 1.40 bits per heavy atom. The van der Waals surface area contributed by atoms with Gasteiger partial charge in [0.25, 0.3) is 0 Å². The van der Waals surface area contributed by atoms with Gasteiger partial charge >= 0.3 is 0 Å². The lowest BCUT2D eigenvalue weighted by atomic mass is 10.1. The summed E-state index contributed by atoms with van der Waals surface area (Å²) in [6.07, 6.45) is 5.64. The summed E-state index contributed by atoms with van der Waals surface area (Å²) >= 11 is 0. The predicted molar refractivity (Wildman–Crippen MR) is 58.1 cm³/mol. The standard InChI is InChI=1S/C11H19N3O/c12-6-3-7-14-11(15)9-13-8-10-4-1-2-5-10/h10,13H,1-5,7-9H2,(H,14,15). The molecule has 2 N–H and O–H groups in total. The minimum absolute atomic E-state index is 0.0109. The lowest BCUT2D eigenvalue weighted by molar-refractivity contribution is -0.120. The predicted octanol–water partition coefficient (Wildman–Crippen LogP) is 0.796. The maximum atomic E-state index is 11.2. The van der Waals surface area contributed by atoms with Crippen molar-refractivity contribution in [3.63, 3.8) is 0 Å². The van der Waals surface area contributed by atoms with E-state index < -0.39 is 0 Å². The van der Waals surface area contributed by atoms with Crippen molar-refractivity contribution in [2.45, 2.75) is 32.1 Å². The molecule has 1 fully saturated rings. The third-order valence-corrected chi connectivity index (χ3v) is 2.75. The van der Waals surface area contributed by atoms with Gasteiger partial charge in [-0.1, -0.05) is 12.8 Å². The highest BCUT2D eigenvalue weighted by Gasteiger charge is 2.14. The Morgan fingerprint density at radius 2 is 2.13 bits per heavy atom. The van der Waals surface area contributed by atoms with E-state index in [1.54, 1.807) is 0 Å². The van der Waals surface area contributed by atoms with E-state index in [1.165, 1.54) is 25.7 Å². The molecule has 0 spiro atoms. The molecule has 0 saturated heterocycles. The van der Waals surface area contributed by atoms with Crippen LogP contribution in [0.15, 0.2) is 0 Å². The number of nitrogens with zero attached hydrogens (tertiary/aromatic N) is 1. The van der Waals surface area contributed by atoms with Crippen LogP contribution in [0.4, 0.5) is 0 Å². The molecule has 1 aliphatic carbocycles. The molecule has 1 amide bonds. The number of nitrogens with one attached hydrogen (secondary N) is 2. The SMILES string of the molecule is N#CCCNC(=O)CNCC1CCCC1. The second kappa shape index (κ2) is 7.24. The van der Waals surface area contributed by atoms with Crippen LogP contribution in [0.1, 0.15) is 32.1 Å². The van der Waals surface area contributed by atoms with E-state index in [-0.39, 0.29) is 5.91 Å². The van der Waals surface area contributed by atoms with Crippen LogP contribution in [0.5, 0.6) is 0 Å². The Balaban J connectivity index is 1.94. The molecule has 0 aliphatic heterocycles. The molecule has 1 rings (SSSR count). The lowest BCUT2D eigenvalue weighted by Gasteiger charge is -2.10. The van der Waals surface area contributed by atoms with Crippen molar-refractivity contribution in [2.24, 2.45) is 5.92 Å². The fourth-order valence-electron chi connectivity index (χ4n) is 1.92. The molecule has 0 atom stereocenters. The van der Waals surface area contributed by atoms with Gasteiger partial charge in [0.05, 0.1) is 19.0 Å². The molecule has 84 valence electrons. The third kappa shape index (κ3) is 5.38. The number of nitriles is 1. The minimum Gasteiger partial charge on any atom is -0.354 e. The van der Waals surface area contributed by atoms with Gasteiger partial charge in [0.15, 0.2) is 0 Å². The lowest BCUT2D eigenvalue weighted by Crippen LogP contribution is -2.36. The number of carbonyl (C=O) groups is 1. The van der Waals surface area contributed by atoms with Crippen molar-refractivity contribution < 1.29 is 4.79 Å². The number of amides is 1. The molecule has 0 heterocycles. The Bertz CT molecular complexity index is 228. The molecule has 0 aromatic heterocycles. The molecule has 4 nitrogen and oxygen atoms in total. The number of hydrogen-bond acceptors (Lipinski definition) is 3. The Labute approximate surface area is 91.0 Å². The fraction of sp³-hybridized carbons (Fsp3) is 0.818. The van der Waals surface area contributed by atoms with Gasteiger partial charge in [0.2, 0.25) is 5.91 Å². The van der Waals surface area contributed by atoms with E-state index in [1.807, 2.05) is 6.07 Å². The summed E-state index contributed by atoms with van der Waals surface area (Å²) in [5.74, 6) is 0.750. The Kier molecular flexibility index (Phi) is 5.79. The first kappa shape index (κ1) is 12.0. The molecule has 4 heteroatoms. The molecule has 1 aliphatic rings. The third-order valence-electron chi connectivity index (χ3n) is 2.75. The maximum Gasteiger partial charge on any atom is 0.233 e. The quantitative estimate of drug-likeness (QED) is 0.636. The molecule has 0 unspecified atom stereocenters. The van der Waals surface area contributed by atoms with Gasteiger partial charge in [-0.05, 0) is 25.3 Å². The van der Waals surface area contributed by atoms with Crippen LogP contribution in [-0.4, -0.2) is 25.5 Å². The monoisotopic (exact) mass is 209 g/mol. The van der Waals surface area contributed by atoms with Crippen LogP contribution in [0.3, 0.4) is 0 Å². The van der Waals surface area contributed by atoms with Crippen molar-refractivity contribution in [2.75, 3.05) is 19.6 Å². The summed E-state index contributed by atoms with van der Waals surface area (Å²) < 4.78 is 0. The van der Waals surface area contributed by atoms with E-state index >= 15 is 0 Å². The molecule has 0 aromatic carbocycles. The van der Waals surface area contributed by atoms with Crippen LogP contribution in [0.2, 0.25) is 0 Å². The molecule has 0 radical (unpaired) electrons. The highest BCUT2D eigenvalue weighted by Crippen LogP contribution is 2.23. The maximum absolute atomic E-state index is 11.2. The van der Waals surface area contributed by atoms with Crippen molar-refractivity contribution in [3.8, 4) is 6.07 Å². The van der Waals surface area contributed by atoms with E-state index in [0.29, 0.717) is 19.5 Å². The van der Waals surface area contributed by atoms with Crippen LogP contribution in [0, 0.1) is 17.2 Å². The topological polar surface area (TPSA) is 64.9 Å². The highest BCUT2D eigenvalue weighted by molar-refractivity contribution is 5.77. The first-order valence-electron chi connectivity index (χ1n) is 5.67. The molecule has 0 bridgehead atoms. The zero-order valence-corrected chi connectivity index (χ0v) is 9.09. The van der Waals surface area contributed by atoms with Crippen molar-refractivity contribution in [1.82, 2.24) is 10.6 Å². The summed E-state index contributed by atoms with van der Waals surface area (Å²) in [4.78, 5) is 11.2. The van der Waals surface area contributed by atoms with Crippen molar-refractivity contribution >= 4 is 5.91 Å². The first-order chi connectivity index (χ1) is 7.33. The van der Waals surface area contributed by atoms with E-state index in [9.17, 15) is 4.79 Å². The van der Waals surface area contributed by atoms with Gasteiger partial charge in [-0.2, -0.15) is 5.26 Å². The van der Waals surface area contributed by atoms with Gasteiger partial charge in [0, 0.05) is 6.54 Å².